The van der Waals surface area contributed by atoms with Crippen molar-refractivity contribution in [3.05, 3.63) is 36.5 Å². The first-order valence-electron chi connectivity index (χ1n) is 10.7. The van der Waals surface area contributed by atoms with Gasteiger partial charge in [-0.05, 0) is 63.2 Å². The van der Waals surface area contributed by atoms with E-state index in [1.165, 1.54) is 83.5 Å². The van der Waals surface area contributed by atoms with Crippen LogP contribution in [0.25, 0.3) is 0 Å². The summed E-state index contributed by atoms with van der Waals surface area (Å²) < 4.78 is 0. The molecule has 2 aliphatic carbocycles. The zero-order valence-electron chi connectivity index (χ0n) is 16.4. The quantitative estimate of drug-likeness (QED) is 0.251. The van der Waals surface area contributed by atoms with Crippen molar-refractivity contribution >= 4 is 0 Å². The molecule has 3 atom stereocenters. The molecule has 0 aromatic carbocycles. The van der Waals surface area contributed by atoms with E-state index in [-0.39, 0.29) is 0 Å². The fraction of sp³-hybridized carbons (Fsp3) is 0.750. The molecule has 0 aromatic rings. The Morgan fingerprint density at radius 1 is 1.00 bits per heavy atom. The summed E-state index contributed by atoms with van der Waals surface area (Å²) in [6.45, 7) is 8.80. The van der Waals surface area contributed by atoms with Crippen molar-refractivity contribution in [1.82, 2.24) is 0 Å². The second kappa shape index (κ2) is 10.3. The molecule has 0 aliphatic heterocycles. The number of hydrogen-bond donors (Lipinski definition) is 0. The summed E-state index contributed by atoms with van der Waals surface area (Å²) in [5.74, 6) is 1.79. The van der Waals surface area contributed by atoms with Gasteiger partial charge in [0.25, 0.3) is 0 Å². The van der Waals surface area contributed by atoms with Crippen molar-refractivity contribution in [2.75, 3.05) is 0 Å². The lowest BCUT2D eigenvalue weighted by molar-refractivity contribution is 0.483. The van der Waals surface area contributed by atoms with Gasteiger partial charge in [0.15, 0.2) is 0 Å². The van der Waals surface area contributed by atoms with Gasteiger partial charge in [-0.2, -0.15) is 0 Å². The van der Waals surface area contributed by atoms with Gasteiger partial charge in [0.1, 0.15) is 0 Å². The lowest BCUT2D eigenvalue weighted by atomic mass is 9.85. The van der Waals surface area contributed by atoms with Crippen molar-refractivity contribution in [2.45, 2.75) is 97.3 Å². The molecule has 0 heteroatoms. The first kappa shape index (κ1) is 19.5. The molecule has 3 unspecified atom stereocenters. The van der Waals surface area contributed by atoms with Crippen LogP contribution in [0.15, 0.2) is 36.5 Å². The summed E-state index contributed by atoms with van der Waals surface area (Å²) >= 11 is 0. The molecule has 0 N–H and O–H groups in total. The van der Waals surface area contributed by atoms with Gasteiger partial charge in [-0.15, -0.1) is 6.58 Å². The van der Waals surface area contributed by atoms with Crippen LogP contribution in [0, 0.1) is 17.3 Å². The minimum absolute atomic E-state index is 0.326. The van der Waals surface area contributed by atoms with Crippen LogP contribution in [0.2, 0.25) is 0 Å². The number of allylic oxidation sites excluding steroid dienone is 5. The van der Waals surface area contributed by atoms with Crippen LogP contribution in [0.5, 0.6) is 0 Å². The summed E-state index contributed by atoms with van der Waals surface area (Å²) in [4.78, 5) is 0. The highest BCUT2D eigenvalue weighted by Crippen LogP contribution is 2.43. The molecule has 0 saturated heterocycles. The number of unbranched alkanes of at least 4 members (excludes halogenated alkanes) is 8. The largest absolute Gasteiger partial charge is 0.102 e. The van der Waals surface area contributed by atoms with Gasteiger partial charge in [0.2, 0.25) is 0 Å². The normalized spacial score (nSPS) is 31.2. The molecule has 0 heterocycles. The second-order valence-electron chi connectivity index (χ2n) is 8.62. The minimum Gasteiger partial charge on any atom is -0.102 e. The summed E-state index contributed by atoms with van der Waals surface area (Å²) in [5.41, 5.74) is 2.04. The lowest BCUT2D eigenvalue weighted by Gasteiger charge is -2.20. The first-order valence-corrected chi connectivity index (χ1v) is 10.7. The molecule has 0 aromatic heterocycles. The van der Waals surface area contributed by atoms with Crippen LogP contribution >= 0.6 is 0 Å². The highest BCUT2D eigenvalue weighted by molar-refractivity contribution is 5.21. The Morgan fingerprint density at radius 2 is 1.62 bits per heavy atom. The van der Waals surface area contributed by atoms with E-state index < -0.39 is 0 Å². The van der Waals surface area contributed by atoms with E-state index in [0.717, 1.165) is 11.8 Å². The van der Waals surface area contributed by atoms with Crippen LogP contribution in [0.3, 0.4) is 0 Å². The maximum Gasteiger partial charge on any atom is 0.00609 e. The molecule has 2 aliphatic rings. The average molecular weight is 329 g/mol. The van der Waals surface area contributed by atoms with Gasteiger partial charge in [-0.25, -0.2) is 0 Å². The van der Waals surface area contributed by atoms with Crippen LogP contribution in [0.4, 0.5) is 0 Å². The third-order valence-electron chi connectivity index (χ3n) is 6.18. The number of rotatable bonds is 12. The molecule has 0 amide bonds. The van der Waals surface area contributed by atoms with Crippen molar-refractivity contribution in [2.24, 2.45) is 17.3 Å². The van der Waals surface area contributed by atoms with E-state index in [1.54, 1.807) is 5.57 Å². The summed E-state index contributed by atoms with van der Waals surface area (Å²) in [6.07, 6.45) is 27.5. The van der Waals surface area contributed by atoms with Crippen LogP contribution in [0.1, 0.15) is 97.3 Å². The summed E-state index contributed by atoms with van der Waals surface area (Å²) in [5, 5.41) is 0. The van der Waals surface area contributed by atoms with E-state index in [9.17, 15) is 0 Å². The molecular formula is C24H40. The van der Waals surface area contributed by atoms with Gasteiger partial charge in [0.05, 0.1) is 0 Å². The standard InChI is InChI=1S/C24H40/c1-4-24(18-16-21(2)20-24)17-14-12-10-8-6-5-7-9-11-13-15-23-19-22(23)3/h4,14-15,17,21-22H,1,5-13,16,18-20H2,2-3H3. The molecule has 0 bridgehead atoms. The Balaban J connectivity index is 1.40. The van der Waals surface area contributed by atoms with E-state index in [0.29, 0.717) is 5.41 Å². The van der Waals surface area contributed by atoms with Crippen molar-refractivity contribution in [3.8, 4) is 0 Å². The molecule has 2 saturated carbocycles. The minimum atomic E-state index is 0.326. The van der Waals surface area contributed by atoms with Crippen LogP contribution < -0.4 is 0 Å². The molecule has 136 valence electrons. The monoisotopic (exact) mass is 328 g/mol. The van der Waals surface area contributed by atoms with E-state index >= 15 is 0 Å². The van der Waals surface area contributed by atoms with Gasteiger partial charge >= 0.3 is 0 Å². The highest BCUT2D eigenvalue weighted by atomic mass is 14.4. The highest BCUT2D eigenvalue weighted by Gasteiger charge is 2.31. The summed E-state index contributed by atoms with van der Waals surface area (Å²) in [7, 11) is 0. The Hall–Kier alpha value is -0.780. The van der Waals surface area contributed by atoms with Gasteiger partial charge < -0.3 is 0 Å². The maximum absolute atomic E-state index is 4.08. The molecule has 24 heavy (non-hydrogen) atoms. The van der Waals surface area contributed by atoms with Gasteiger partial charge in [-0.3, -0.25) is 0 Å². The first-order chi connectivity index (χ1) is 11.7. The fourth-order valence-electron chi connectivity index (χ4n) is 4.25. The molecular weight excluding hydrogens is 288 g/mol. The Bertz CT molecular complexity index is 427. The predicted molar refractivity (Wildman–Crippen MR) is 108 cm³/mol. The van der Waals surface area contributed by atoms with Crippen molar-refractivity contribution in [1.29, 1.82) is 0 Å². The third-order valence-corrected chi connectivity index (χ3v) is 6.18. The zero-order chi connectivity index (χ0) is 17.3. The second-order valence-corrected chi connectivity index (χ2v) is 8.62. The third kappa shape index (κ3) is 6.99. The van der Waals surface area contributed by atoms with E-state index in [2.05, 4.69) is 44.7 Å². The van der Waals surface area contributed by atoms with Crippen molar-refractivity contribution < 1.29 is 0 Å². The topological polar surface area (TPSA) is 0 Å². The van der Waals surface area contributed by atoms with Gasteiger partial charge in [0, 0.05) is 5.41 Å². The SMILES string of the molecule is C=CC1(C=CCCCCCCCCCC=C2CC2C)CCC(C)C1. The van der Waals surface area contributed by atoms with E-state index in [1.807, 2.05) is 0 Å². The fourth-order valence-corrected chi connectivity index (χ4v) is 4.25. The molecule has 2 fully saturated rings. The zero-order valence-corrected chi connectivity index (χ0v) is 16.4. The van der Waals surface area contributed by atoms with Crippen LogP contribution in [-0.4, -0.2) is 0 Å². The molecule has 0 nitrogen and oxygen atoms in total. The molecule has 2 rings (SSSR count). The Morgan fingerprint density at radius 3 is 2.17 bits per heavy atom. The predicted octanol–water partition coefficient (Wildman–Crippen LogP) is 8.01. The van der Waals surface area contributed by atoms with E-state index in [4.69, 9.17) is 0 Å². The molecule has 0 radical (unpaired) electrons. The number of hydrogen-bond acceptors (Lipinski definition) is 0. The van der Waals surface area contributed by atoms with Gasteiger partial charge in [-0.1, -0.05) is 75.8 Å². The summed E-state index contributed by atoms with van der Waals surface area (Å²) in [6, 6.07) is 0. The smallest absolute Gasteiger partial charge is 0.00609 e. The Labute approximate surface area is 151 Å². The van der Waals surface area contributed by atoms with Crippen molar-refractivity contribution in [3.63, 3.8) is 0 Å². The van der Waals surface area contributed by atoms with Crippen LogP contribution in [-0.2, 0) is 0 Å². The maximum atomic E-state index is 4.08. The Kier molecular flexibility index (Phi) is 8.36. The lowest BCUT2D eigenvalue weighted by Crippen LogP contribution is -2.08. The average Bonchev–Trinajstić information content (AvgIpc) is 3.15. The molecule has 0 spiro atoms.